The van der Waals surface area contributed by atoms with E-state index in [1.807, 2.05) is 0 Å². The van der Waals surface area contributed by atoms with Crippen LogP contribution in [0.4, 0.5) is 5.69 Å². The normalized spacial score (nSPS) is 14.4. The maximum atomic E-state index is 8.89. The molecule has 0 heterocycles. The van der Waals surface area contributed by atoms with E-state index < -0.39 is 5.41 Å². The molecule has 0 radical (unpaired) electrons. The molecule has 314 valence electrons. The van der Waals surface area contributed by atoms with Crippen LogP contribution in [0.1, 0.15) is 44.5 Å². The highest BCUT2D eigenvalue weighted by molar-refractivity contribution is 5.89. The van der Waals surface area contributed by atoms with Gasteiger partial charge in [-0.2, -0.15) is 0 Å². The molecule has 5 aromatic rings. The fourth-order valence-corrected chi connectivity index (χ4v) is 7.83. The molecule has 0 fully saturated rings. The summed E-state index contributed by atoms with van der Waals surface area (Å²) in [5, 5.41) is 8.89. The van der Waals surface area contributed by atoms with E-state index in [4.69, 9.17) is 38.3 Å². The molecular formula is C50H61NO8. The number of ether oxygens (including phenoxy) is 7. The molecular weight excluding hydrogens is 743 g/mol. The number of hydrogen-bond acceptors (Lipinski definition) is 9. The lowest BCUT2D eigenvalue weighted by Gasteiger charge is -2.35. The highest BCUT2D eigenvalue weighted by Gasteiger charge is 2.47. The predicted molar refractivity (Wildman–Crippen MR) is 235 cm³/mol. The summed E-state index contributed by atoms with van der Waals surface area (Å²) in [6.45, 7) is 12.2. The minimum Gasteiger partial charge on any atom is -0.489 e. The molecule has 0 saturated carbocycles. The van der Waals surface area contributed by atoms with Gasteiger partial charge in [0.15, 0.2) is 0 Å². The second-order valence-electron chi connectivity index (χ2n) is 15.2. The Balaban J connectivity index is 1.37. The minimum atomic E-state index is -0.636. The van der Waals surface area contributed by atoms with Crippen LogP contribution in [0.15, 0.2) is 97.1 Å². The fourth-order valence-electron chi connectivity index (χ4n) is 7.83. The zero-order chi connectivity index (χ0) is 41.6. The van der Waals surface area contributed by atoms with Gasteiger partial charge >= 0.3 is 0 Å². The van der Waals surface area contributed by atoms with E-state index in [0.717, 1.165) is 28.1 Å². The molecule has 1 unspecified atom stereocenters. The van der Waals surface area contributed by atoms with Crippen molar-refractivity contribution in [2.45, 2.75) is 32.8 Å². The standard InChI is InChI=1S/C50H61NO8/c1-36-7-10-39(11-8-36)40-13-17-45-44-16-9-37(2)31-46(44)50(47(45)33-40,42-14-12-41(38(3)32-42)35-58-28-27-56-24-23-54-20-19-52)43-15-18-49(48(34-43)51(4)5)59-30-29-57-26-25-55-22-21-53-6/h7-18,31-34,52H,19-30,35H2,1-6H3. The molecule has 1 aliphatic carbocycles. The molecule has 6 rings (SSSR count). The van der Waals surface area contributed by atoms with Gasteiger partial charge in [0.2, 0.25) is 0 Å². The molecule has 0 amide bonds. The first-order valence-electron chi connectivity index (χ1n) is 20.6. The average Bonchev–Trinajstić information content (AvgIpc) is 3.52. The van der Waals surface area contributed by atoms with Crippen molar-refractivity contribution in [1.82, 2.24) is 0 Å². The first-order valence-corrected chi connectivity index (χ1v) is 20.6. The van der Waals surface area contributed by atoms with Crippen LogP contribution in [0.5, 0.6) is 5.75 Å². The Kier molecular flexibility index (Phi) is 16.1. The molecule has 0 aliphatic heterocycles. The zero-order valence-electron chi connectivity index (χ0n) is 35.7. The summed E-state index contributed by atoms with van der Waals surface area (Å²) in [5.41, 5.74) is 14.8. The number of fused-ring (bicyclic) bond motifs is 3. The van der Waals surface area contributed by atoms with Gasteiger partial charge in [0.1, 0.15) is 12.4 Å². The highest BCUT2D eigenvalue weighted by atomic mass is 16.6. The van der Waals surface area contributed by atoms with Gasteiger partial charge in [0, 0.05) is 21.2 Å². The monoisotopic (exact) mass is 803 g/mol. The van der Waals surface area contributed by atoms with Gasteiger partial charge in [-0.1, -0.05) is 90.0 Å². The van der Waals surface area contributed by atoms with E-state index >= 15 is 0 Å². The number of rotatable bonds is 24. The van der Waals surface area contributed by atoms with Crippen molar-refractivity contribution in [3.63, 3.8) is 0 Å². The Bertz CT molecular complexity index is 2100. The summed E-state index contributed by atoms with van der Waals surface area (Å²) in [6, 6.07) is 36.2. The van der Waals surface area contributed by atoms with Crippen molar-refractivity contribution in [1.29, 1.82) is 0 Å². The lowest BCUT2D eigenvalue weighted by Crippen LogP contribution is -2.29. The number of methoxy groups -OCH3 is 1. The molecule has 1 aliphatic rings. The Morgan fingerprint density at radius 1 is 0.525 bits per heavy atom. The van der Waals surface area contributed by atoms with Gasteiger partial charge in [-0.3, -0.25) is 0 Å². The third-order valence-corrected chi connectivity index (χ3v) is 10.9. The van der Waals surface area contributed by atoms with Gasteiger partial charge in [-0.25, -0.2) is 0 Å². The lowest BCUT2D eigenvalue weighted by molar-refractivity contribution is 0.00444. The number of hydrogen-bond donors (Lipinski definition) is 1. The van der Waals surface area contributed by atoms with Crippen LogP contribution in [0.25, 0.3) is 22.3 Å². The quantitative estimate of drug-likeness (QED) is 0.0608. The number of aliphatic hydroxyl groups excluding tert-OH is 1. The summed E-state index contributed by atoms with van der Waals surface area (Å²) in [4.78, 5) is 2.13. The van der Waals surface area contributed by atoms with E-state index in [0.29, 0.717) is 79.3 Å². The number of nitrogens with zero attached hydrogens (tertiary/aromatic N) is 1. The van der Waals surface area contributed by atoms with E-state index in [1.54, 1.807) is 7.11 Å². The minimum absolute atomic E-state index is 0.0120. The molecule has 1 N–H and O–H groups in total. The van der Waals surface area contributed by atoms with Gasteiger partial charge in [-0.05, 0) is 94.6 Å². The van der Waals surface area contributed by atoms with Crippen LogP contribution in [-0.2, 0) is 40.4 Å². The molecule has 9 heteroatoms. The maximum Gasteiger partial charge on any atom is 0.142 e. The summed E-state index contributed by atoms with van der Waals surface area (Å²) in [5.74, 6) is 0.801. The SMILES string of the molecule is COCCOCCOCCOc1ccc(C2(c3ccc(COCCOCCOCCO)c(C)c3)c3cc(C)ccc3-c3ccc(-c4ccc(C)cc4)cc32)cc1N(C)C. The third-order valence-electron chi connectivity index (χ3n) is 10.9. The number of aliphatic hydroxyl groups is 1. The van der Waals surface area contributed by atoms with Crippen LogP contribution in [0.2, 0.25) is 0 Å². The molecule has 9 nitrogen and oxygen atoms in total. The van der Waals surface area contributed by atoms with Gasteiger partial charge in [0.25, 0.3) is 0 Å². The Hall–Kier alpha value is -4.58. The molecule has 1 atom stereocenters. The number of aryl methyl sites for hydroxylation is 3. The van der Waals surface area contributed by atoms with E-state index in [-0.39, 0.29) is 6.61 Å². The van der Waals surface area contributed by atoms with Crippen molar-refractivity contribution < 1.29 is 38.3 Å². The number of benzene rings is 5. The van der Waals surface area contributed by atoms with E-state index in [2.05, 4.69) is 137 Å². The van der Waals surface area contributed by atoms with Crippen molar-refractivity contribution in [2.24, 2.45) is 0 Å². The van der Waals surface area contributed by atoms with Crippen LogP contribution in [-0.4, -0.2) is 106 Å². The van der Waals surface area contributed by atoms with Crippen molar-refractivity contribution >= 4 is 5.69 Å². The molecule has 0 aromatic heterocycles. The Morgan fingerprint density at radius 2 is 1.08 bits per heavy atom. The third kappa shape index (κ3) is 10.6. The lowest BCUT2D eigenvalue weighted by atomic mass is 9.66. The molecule has 0 spiro atoms. The molecule has 5 aromatic carbocycles. The van der Waals surface area contributed by atoms with Crippen LogP contribution >= 0.6 is 0 Å². The average molecular weight is 804 g/mol. The van der Waals surface area contributed by atoms with Crippen molar-refractivity contribution in [3.05, 3.63) is 142 Å². The Labute approximate surface area is 350 Å². The van der Waals surface area contributed by atoms with Crippen molar-refractivity contribution in [3.8, 4) is 28.0 Å². The first-order chi connectivity index (χ1) is 28.8. The smallest absolute Gasteiger partial charge is 0.142 e. The zero-order valence-corrected chi connectivity index (χ0v) is 35.7. The summed E-state index contributed by atoms with van der Waals surface area (Å²) < 4.78 is 39.8. The summed E-state index contributed by atoms with van der Waals surface area (Å²) in [6.07, 6.45) is 0. The highest BCUT2D eigenvalue weighted by Crippen LogP contribution is 2.58. The molecule has 0 bridgehead atoms. The van der Waals surface area contributed by atoms with Crippen LogP contribution < -0.4 is 9.64 Å². The van der Waals surface area contributed by atoms with Gasteiger partial charge < -0.3 is 43.2 Å². The largest absolute Gasteiger partial charge is 0.489 e. The second-order valence-corrected chi connectivity index (χ2v) is 15.2. The summed E-state index contributed by atoms with van der Waals surface area (Å²) in [7, 11) is 5.80. The number of anilines is 1. The van der Waals surface area contributed by atoms with E-state index in [1.165, 1.54) is 50.1 Å². The second kappa shape index (κ2) is 21.6. The maximum absolute atomic E-state index is 8.89. The Morgan fingerprint density at radius 3 is 1.75 bits per heavy atom. The van der Waals surface area contributed by atoms with Crippen LogP contribution in [0.3, 0.4) is 0 Å². The predicted octanol–water partition coefficient (Wildman–Crippen LogP) is 8.31. The van der Waals surface area contributed by atoms with Crippen LogP contribution in [0, 0.1) is 20.8 Å². The summed E-state index contributed by atoms with van der Waals surface area (Å²) >= 11 is 0. The van der Waals surface area contributed by atoms with Gasteiger partial charge in [0.05, 0.1) is 90.4 Å². The fraction of sp³-hybridized carbons (Fsp3) is 0.400. The molecule has 0 saturated heterocycles. The molecule has 59 heavy (non-hydrogen) atoms. The van der Waals surface area contributed by atoms with Gasteiger partial charge in [-0.15, -0.1) is 0 Å². The first kappa shape index (κ1) is 44.0. The van der Waals surface area contributed by atoms with E-state index in [9.17, 15) is 0 Å². The topological polar surface area (TPSA) is 88.1 Å². The van der Waals surface area contributed by atoms with Crippen molar-refractivity contribution in [2.75, 3.05) is 105 Å².